The van der Waals surface area contributed by atoms with Crippen LogP contribution in [-0.2, 0) is 14.8 Å². The Bertz CT molecular complexity index is 914. The molecular weight excluding hydrogens is 465 g/mol. The van der Waals surface area contributed by atoms with Crippen LogP contribution in [-0.4, -0.2) is 32.3 Å². The highest BCUT2D eigenvalue weighted by atomic mass is 127. The molecule has 1 N–H and O–H groups in total. The average Bonchev–Trinajstić information content (AvgIpc) is 2.59. The number of rotatable bonds is 6. The van der Waals surface area contributed by atoms with E-state index in [4.69, 9.17) is 0 Å². The van der Waals surface area contributed by atoms with Crippen molar-refractivity contribution in [3.8, 4) is 0 Å². The molecule has 0 saturated heterocycles. The molecule has 2 aromatic carbocycles. The van der Waals surface area contributed by atoms with Crippen molar-refractivity contribution in [2.75, 3.05) is 10.6 Å². The van der Waals surface area contributed by atoms with E-state index in [-0.39, 0.29) is 0 Å². The Morgan fingerprint density at radius 1 is 1.15 bits per heavy atom. The van der Waals surface area contributed by atoms with Crippen LogP contribution in [0.4, 0.5) is 5.69 Å². The lowest BCUT2D eigenvalue weighted by molar-refractivity contribution is -0.121. The normalized spacial score (nSPS) is 13.2. The Kier molecular flexibility index (Phi) is 6.76. The molecule has 8 heteroatoms. The molecule has 6 nitrogen and oxygen atoms in total. The molecule has 0 heterocycles. The van der Waals surface area contributed by atoms with Crippen LogP contribution >= 0.6 is 22.6 Å². The van der Waals surface area contributed by atoms with E-state index in [1.165, 1.54) is 6.92 Å². The third-order valence-electron chi connectivity index (χ3n) is 3.68. The van der Waals surface area contributed by atoms with E-state index in [0.717, 1.165) is 19.7 Å². The van der Waals surface area contributed by atoms with Gasteiger partial charge in [-0.25, -0.2) is 13.8 Å². The molecule has 26 heavy (non-hydrogen) atoms. The van der Waals surface area contributed by atoms with Crippen molar-refractivity contribution in [2.24, 2.45) is 5.10 Å². The first-order chi connectivity index (χ1) is 12.2. The molecule has 0 radical (unpaired) electrons. The van der Waals surface area contributed by atoms with E-state index in [9.17, 15) is 13.2 Å². The molecule has 0 bridgehead atoms. The molecule has 0 aliphatic heterocycles. The Balaban J connectivity index is 2.20. The number of hydrogen-bond donors (Lipinski definition) is 1. The maximum atomic E-state index is 12.5. The highest BCUT2D eigenvalue weighted by Crippen LogP contribution is 2.20. The minimum atomic E-state index is -3.64. The molecule has 0 aromatic heterocycles. The standard InChI is InChI=1S/C18H20IN3O3S/c1-13(15-8-7-9-16(19)12-15)20-21-18(23)14(2)22(26(3,24)25)17-10-5-4-6-11-17/h4-12,14H,1-3H3,(H,21,23)/b20-13-/t14-/m0/s1. The third-order valence-corrected chi connectivity index (χ3v) is 5.59. The van der Waals surface area contributed by atoms with Gasteiger partial charge in [-0.3, -0.25) is 9.10 Å². The summed E-state index contributed by atoms with van der Waals surface area (Å²) in [7, 11) is -3.64. The van der Waals surface area contributed by atoms with Crippen molar-refractivity contribution in [2.45, 2.75) is 19.9 Å². The molecule has 138 valence electrons. The maximum Gasteiger partial charge on any atom is 0.263 e. The number of hydrogen-bond acceptors (Lipinski definition) is 4. The highest BCUT2D eigenvalue weighted by molar-refractivity contribution is 14.1. The summed E-state index contributed by atoms with van der Waals surface area (Å²) in [6.07, 6.45) is 1.07. The SMILES string of the molecule is C/C(=N/NC(=O)[C@H](C)N(c1ccccc1)S(C)(=O)=O)c1cccc(I)c1. The minimum Gasteiger partial charge on any atom is -0.271 e. The second kappa shape index (κ2) is 8.63. The van der Waals surface area contributed by atoms with Gasteiger partial charge in [0.2, 0.25) is 10.0 Å². The number of amides is 1. The Hall–Kier alpha value is -1.94. The van der Waals surface area contributed by atoms with E-state index >= 15 is 0 Å². The molecule has 1 atom stereocenters. The zero-order chi connectivity index (χ0) is 19.3. The van der Waals surface area contributed by atoms with E-state index in [1.807, 2.05) is 24.3 Å². The van der Waals surface area contributed by atoms with Gasteiger partial charge in [0.25, 0.3) is 5.91 Å². The van der Waals surface area contributed by atoms with Gasteiger partial charge in [-0.1, -0.05) is 30.3 Å². The number of carbonyl (C=O) groups is 1. The van der Waals surface area contributed by atoms with E-state index < -0.39 is 22.0 Å². The number of nitrogens with one attached hydrogen (secondary N) is 1. The molecule has 0 unspecified atom stereocenters. The molecule has 1 amide bonds. The summed E-state index contributed by atoms with van der Waals surface area (Å²) < 4.78 is 26.5. The number of benzene rings is 2. The summed E-state index contributed by atoms with van der Waals surface area (Å²) in [5.41, 5.74) is 4.41. The number of halogens is 1. The number of hydrazone groups is 1. The van der Waals surface area contributed by atoms with Crippen LogP contribution in [0.3, 0.4) is 0 Å². The second-order valence-corrected chi connectivity index (χ2v) is 8.86. The molecule has 0 aliphatic carbocycles. The first-order valence-electron chi connectivity index (χ1n) is 7.84. The van der Waals surface area contributed by atoms with Gasteiger partial charge in [-0.05, 0) is 66.3 Å². The fraction of sp³-hybridized carbons (Fsp3) is 0.222. The summed E-state index contributed by atoms with van der Waals surface area (Å²) in [6, 6.07) is 15.3. The van der Waals surface area contributed by atoms with Crippen molar-refractivity contribution in [1.29, 1.82) is 0 Å². The van der Waals surface area contributed by atoms with Crippen molar-refractivity contribution >= 4 is 49.9 Å². The zero-order valence-corrected chi connectivity index (χ0v) is 17.7. The fourth-order valence-corrected chi connectivity index (χ4v) is 4.11. The summed E-state index contributed by atoms with van der Waals surface area (Å²) in [5, 5.41) is 4.11. The number of nitrogens with zero attached hydrogens (tertiary/aromatic N) is 2. The van der Waals surface area contributed by atoms with Crippen LogP contribution in [0.2, 0.25) is 0 Å². The lowest BCUT2D eigenvalue weighted by Gasteiger charge is -2.27. The van der Waals surface area contributed by atoms with Gasteiger partial charge in [0, 0.05) is 3.57 Å². The van der Waals surface area contributed by atoms with Crippen LogP contribution in [0.15, 0.2) is 59.7 Å². The lowest BCUT2D eigenvalue weighted by atomic mass is 10.1. The molecule has 0 aliphatic rings. The molecule has 0 saturated carbocycles. The molecule has 2 aromatic rings. The van der Waals surface area contributed by atoms with E-state index in [1.54, 1.807) is 37.3 Å². The Labute approximate surface area is 167 Å². The van der Waals surface area contributed by atoms with E-state index in [0.29, 0.717) is 11.4 Å². The number of sulfonamides is 1. The summed E-state index contributed by atoms with van der Waals surface area (Å²) in [6.45, 7) is 3.31. The van der Waals surface area contributed by atoms with Crippen molar-refractivity contribution in [1.82, 2.24) is 5.43 Å². The summed E-state index contributed by atoms with van der Waals surface area (Å²) in [4.78, 5) is 12.5. The molecule has 0 spiro atoms. The largest absolute Gasteiger partial charge is 0.271 e. The first kappa shape index (κ1) is 20.4. The topological polar surface area (TPSA) is 78.8 Å². The van der Waals surface area contributed by atoms with Gasteiger partial charge in [0.1, 0.15) is 6.04 Å². The van der Waals surface area contributed by atoms with Gasteiger partial charge in [-0.2, -0.15) is 5.10 Å². The number of carbonyl (C=O) groups excluding carboxylic acids is 1. The smallest absolute Gasteiger partial charge is 0.263 e. The van der Waals surface area contributed by atoms with Crippen LogP contribution in [0.25, 0.3) is 0 Å². The Morgan fingerprint density at radius 2 is 1.81 bits per heavy atom. The molecular formula is C18H20IN3O3S. The summed E-state index contributed by atoms with van der Waals surface area (Å²) >= 11 is 2.20. The summed E-state index contributed by atoms with van der Waals surface area (Å²) in [5.74, 6) is -0.510. The molecule has 0 fully saturated rings. The average molecular weight is 485 g/mol. The predicted octanol–water partition coefficient (Wildman–Crippen LogP) is 2.99. The quantitative estimate of drug-likeness (QED) is 0.388. The Morgan fingerprint density at radius 3 is 2.38 bits per heavy atom. The number of anilines is 1. The highest BCUT2D eigenvalue weighted by Gasteiger charge is 2.28. The van der Waals surface area contributed by atoms with Gasteiger partial charge in [0.05, 0.1) is 17.7 Å². The van der Waals surface area contributed by atoms with Crippen LogP contribution < -0.4 is 9.73 Å². The predicted molar refractivity (Wildman–Crippen MR) is 113 cm³/mol. The van der Waals surface area contributed by atoms with Crippen molar-refractivity contribution in [3.63, 3.8) is 0 Å². The monoisotopic (exact) mass is 485 g/mol. The van der Waals surface area contributed by atoms with Gasteiger partial charge in [0.15, 0.2) is 0 Å². The fourth-order valence-electron chi connectivity index (χ4n) is 2.39. The van der Waals surface area contributed by atoms with Crippen molar-refractivity contribution < 1.29 is 13.2 Å². The lowest BCUT2D eigenvalue weighted by Crippen LogP contribution is -2.46. The van der Waals surface area contributed by atoms with Crippen LogP contribution in [0.1, 0.15) is 19.4 Å². The van der Waals surface area contributed by atoms with Crippen molar-refractivity contribution in [3.05, 3.63) is 63.7 Å². The van der Waals surface area contributed by atoms with Crippen LogP contribution in [0, 0.1) is 3.57 Å². The van der Waals surface area contributed by atoms with Gasteiger partial charge >= 0.3 is 0 Å². The minimum absolute atomic E-state index is 0.427. The molecule has 2 rings (SSSR count). The van der Waals surface area contributed by atoms with E-state index in [2.05, 4.69) is 33.1 Å². The second-order valence-electron chi connectivity index (χ2n) is 5.75. The zero-order valence-electron chi connectivity index (χ0n) is 14.7. The van der Waals surface area contributed by atoms with Gasteiger partial charge in [-0.15, -0.1) is 0 Å². The maximum absolute atomic E-state index is 12.5. The first-order valence-corrected chi connectivity index (χ1v) is 10.8. The van der Waals surface area contributed by atoms with Crippen LogP contribution in [0.5, 0.6) is 0 Å². The third kappa shape index (κ3) is 5.28. The van der Waals surface area contributed by atoms with Gasteiger partial charge < -0.3 is 0 Å². The number of para-hydroxylation sites is 1.